The smallest absolute Gasteiger partial charge is 0.111 e. The van der Waals surface area contributed by atoms with Crippen molar-refractivity contribution in [2.75, 3.05) is 26.4 Å². The minimum Gasteiger partial charge on any atom is -0.395 e. The van der Waals surface area contributed by atoms with Crippen LogP contribution in [0, 0.1) is 5.92 Å². The third kappa shape index (κ3) is 11.5. The zero-order chi connectivity index (χ0) is 31.1. The number of aliphatic hydroxyl groups is 9. The molecule has 0 aromatic heterocycles. The van der Waals surface area contributed by atoms with E-state index in [4.69, 9.17) is 9.47 Å². The molecule has 2 aliphatic rings. The fourth-order valence-corrected chi connectivity index (χ4v) is 6.14. The second-order valence-corrected chi connectivity index (χ2v) is 12.2. The largest absolute Gasteiger partial charge is 0.395 e. The Bertz CT molecular complexity index is 690. The van der Waals surface area contributed by atoms with Gasteiger partial charge in [0, 0.05) is 12.5 Å². The van der Waals surface area contributed by atoms with E-state index in [1.807, 2.05) is 0 Å². The van der Waals surface area contributed by atoms with Gasteiger partial charge in [0.25, 0.3) is 0 Å². The average molecular weight is 610 g/mol. The first-order valence-corrected chi connectivity index (χ1v) is 16.2. The minimum atomic E-state index is -1.65. The summed E-state index contributed by atoms with van der Waals surface area (Å²) in [4.78, 5) is 0. The zero-order valence-electron chi connectivity index (χ0n) is 25.3. The number of unbranched alkanes of at least 4 members (excludes halogenated alkanes) is 11. The highest BCUT2D eigenvalue weighted by Gasteiger charge is 2.52. The van der Waals surface area contributed by atoms with Gasteiger partial charge in [0.1, 0.15) is 24.4 Å². The van der Waals surface area contributed by atoms with Crippen LogP contribution in [-0.2, 0) is 9.47 Å². The van der Waals surface area contributed by atoms with Crippen molar-refractivity contribution in [1.29, 1.82) is 0 Å². The summed E-state index contributed by atoms with van der Waals surface area (Å²) in [5.41, 5.74) is 0. The molecule has 0 aliphatic carbocycles. The van der Waals surface area contributed by atoms with Crippen molar-refractivity contribution in [3.8, 4) is 0 Å². The lowest BCUT2D eigenvalue weighted by atomic mass is 9.79. The van der Waals surface area contributed by atoms with E-state index in [9.17, 15) is 46.0 Å². The summed E-state index contributed by atoms with van der Waals surface area (Å²) in [6, 6.07) is -0.898. The van der Waals surface area contributed by atoms with Gasteiger partial charge in [0.2, 0.25) is 0 Å². The molecule has 10 N–H and O–H groups in total. The van der Waals surface area contributed by atoms with Gasteiger partial charge in [-0.05, 0) is 6.42 Å². The lowest BCUT2D eigenvalue weighted by molar-refractivity contribution is -0.274. The fraction of sp³-hybridized carbons (Fsp3) is 1.00. The molecule has 0 aromatic carbocycles. The molecule has 0 spiro atoms. The zero-order valence-corrected chi connectivity index (χ0v) is 25.3. The Labute approximate surface area is 250 Å². The van der Waals surface area contributed by atoms with E-state index < -0.39 is 86.2 Å². The summed E-state index contributed by atoms with van der Waals surface area (Å²) >= 11 is 0. The van der Waals surface area contributed by atoms with Crippen molar-refractivity contribution in [2.24, 2.45) is 5.92 Å². The predicted molar refractivity (Wildman–Crippen MR) is 156 cm³/mol. The van der Waals surface area contributed by atoms with E-state index in [-0.39, 0.29) is 13.2 Å². The summed E-state index contributed by atoms with van der Waals surface area (Å²) in [7, 11) is 0. The quantitative estimate of drug-likeness (QED) is 0.0734. The number of ether oxygens (including phenoxy) is 2. The normalized spacial score (nSPS) is 34.3. The summed E-state index contributed by atoms with van der Waals surface area (Å²) in [5.74, 6) is -1.12. The number of rotatable bonds is 21. The number of aliphatic hydroxyl groups excluding tert-OH is 9. The minimum absolute atomic E-state index is 0.0601. The molecule has 2 fully saturated rings. The van der Waals surface area contributed by atoms with Gasteiger partial charge in [-0.1, -0.05) is 84.0 Å². The Morgan fingerprint density at radius 1 is 0.714 bits per heavy atom. The highest BCUT2D eigenvalue weighted by molar-refractivity contribution is 5.01. The van der Waals surface area contributed by atoms with Crippen LogP contribution in [0.1, 0.15) is 90.4 Å². The summed E-state index contributed by atoms with van der Waals surface area (Å²) in [5, 5.41) is 95.6. The first kappa shape index (κ1) is 37.7. The molecular formula is C30H59NO11. The Kier molecular flexibility index (Phi) is 18.4. The Hall–Kier alpha value is -0.480. The first-order valence-electron chi connectivity index (χ1n) is 16.2. The van der Waals surface area contributed by atoms with Crippen molar-refractivity contribution < 1.29 is 55.4 Å². The standard InChI is InChI=1S/C30H59NO11/c1-2-3-4-5-6-7-8-9-10-11-12-13-14-20(34)25(36)19(16-32)31-15-22-26(37)24(21(35)18-41-22)30-29(40)28(39)27(38)23(17-33)42-30/h19-40H,2-18H2,1H3/t19-,20+,21+,22?,23+,24+,25-,26+,27+,28-,29+,30?/m0/s1. The molecule has 250 valence electrons. The van der Waals surface area contributed by atoms with Gasteiger partial charge in [-0.15, -0.1) is 0 Å². The highest BCUT2D eigenvalue weighted by Crippen LogP contribution is 2.33. The third-order valence-corrected chi connectivity index (χ3v) is 8.95. The van der Waals surface area contributed by atoms with Crippen LogP contribution in [0.4, 0.5) is 0 Å². The summed E-state index contributed by atoms with van der Waals surface area (Å²) in [6.07, 6.45) is 1.47. The Balaban J connectivity index is 1.73. The van der Waals surface area contributed by atoms with Crippen LogP contribution in [0.15, 0.2) is 0 Å². The summed E-state index contributed by atoms with van der Waals surface area (Å²) in [6.45, 7) is 0.827. The number of nitrogens with one attached hydrogen (secondary N) is 1. The molecule has 2 aliphatic heterocycles. The van der Waals surface area contributed by atoms with E-state index in [0.29, 0.717) is 6.42 Å². The molecule has 0 saturated carbocycles. The Morgan fingerprint density at radius 3 is 1.83 bits per heavy atom. The molecule has 42 heavy (non-hydrogen) atoms. The van der Waals surface area contributed by atoms with Gasteiger partial charge in [0.05, 0.1) is 62.5 Å². The van der Waals surface area contributed by atoms with Crippen LogP contribution in [0.25, 0.3) is 0 Å². The maximum absolute atomic E-state index is 11.0. The molecule has 2 heterocycles. The molecular weight excluding hydrogens is 550 g/mol. The van der Waals surface area contributed by atoms with Gasteiger partial charge >= 0.3 is 0 Å². The van der Waals surface area contributed by atoms with E-state index in [1.165, 1.54) is 51.4 Å². The average Bonchev–Trinajstić information content (AvgIpc) is 2.98. The van der Waals surface area contributed by atoms with Crippen LogP contribution in [0.3, 0.4) is 0 Å². The summed E-state index contributed by atoms with van der Waals surface area (Å²) < 4.78 is 11.1. The number of hydrogen-bond acceptors (Lipinski definition) is 12. The molecule has 12 atom stereocenters. The van der Waals surface area contributed by atoms with E-state index in [0.717, 1.165) is 25.7 Å². The monoisotopic (exact) mass is 609 g/mol. The maximum Gasteiger partial charge on any atom is 0.111 e. The van der Waals surface area contributed by atoms with Crippen molar-refractivity contribution in [1.82, 2.24) is 5.32 Å². The van der Waals surface area contributed by atoms with Gasteiger partial charge in [-0.2, -0.15) is 0 Å². The lowest BCUT2D eigenvalue weighted by Crippen LogP contribution is -2.66. The topological polar surface area (TPSA) is 213 Å². The van der Waals surface area contributed by atoms with Gasteiger partial charge < -0.3 is 60.7 Å². The molecule has 0 bridgehead atoms. The van der Waals surface area contributed by atoms with E-state index in [1.54, 1.807) is 0 Å². The van der Waals surface area contributed by atoms with Crippen molar-refractivity contribution in [3.63, 3.8) is 0 Å². The van der Waals surface area contributed by atoms with E-state index in [2.05, 4.69) is 12.2 Å². The fourth-order valence-electron chi connectivity index (χ4n) is 6.14. The molecule has 2 unspecified atom stereocenters. The second-order valence-electron chi connectivity index (χ2n) is 12.2. The first-order chi connectivity index (χ1) is 20.2. The third-order valence-electron chi connectivity index (χ3n) is 8.95. The molecule has 2 rings (SSSR count). The van der Waals surface area contributed by atoms with Crippen LogP contribution in [-0.4, -0.2) is 139 Å². The molecule has 0 aromatic rings. The van der Waals surface area contributed by atoms with Crippen molar-refractivity contribution in [3.05, 3.63) is 0 Å². The molecule has 0 radical (unpaired) electrons. The molecule has 0 amide bonds. The molecule has 12 heteroatoms. The van der Waals surface area contributed by atoms with Crippen LogP contribution < -0.4 is 5.32 Å². The maximum atomic E-state index is 11.0. The van der Waals surface area contributed by atoms with Gasteiger partial charge in [-0.25, -0.2) is 0 Å². The number of hydrogen-bond donors (Lipinski definition) is 10. The SMILES string of the molecule is CCCCCCCCCCCCCC[C@@H](O)[C@@H](O)[C@H](CO)NCC1OC[C@@H](O)[C@@H](C2O[C@H](CO)[C@@H](O)[C@H](O)[C@H]2O)[C@@H]1O. The van der Waals surface area contributed by atoms with Crippen LogP contribution in [0.2, 0.25) is 0 Å². The predicted octanol–water partition coefficient (Wildman–Crippen LogP) is -0.671. The van der Waals surface area contributed by atoms with Crippen molar-refractivity contribution >= 4 is 0 Å². The van der Waals surface area contributed by atoms with Crippen LogP contribution in [0.5, 0.6) is 0 Å². The van der Waals surface area contributed by atoms with Crippen LogP contribution >= 0.6 is 0 Å². The second kappa shape index (κ2) is 20.5. The van der Waals surface area contributed by atoms with Gasteiger partial charge in [-0.3, -0.25) is 0 Å². The van der Waals surface area contributed by atoms with E-state index >= 15 is 0 Å². The Morgan fingerprint density at radius 2 is 1.29 bits per heavy atom. The molecule has 12 nitrogen and oxygen atoms in total. The molecule has 2 saturated heterocycles. The highest BCUT2D eigenvalue weighted by atomic mass is 16.6. The lowest BCUT2D eigenvalue weighted by Gasteiger charge is -2.48. The van der Waals surface area contributed by atoms with Crippen molar-refractivity contribution in [2.45, 2.75) is 157 Å². The van der Waals surface area contributed by atoms with Gasteiger partial charge in [0.15, 0.2) is 0 Å².